The smallest absolute Gasteiger partial charge is 0.329 e. The Kier molecular flexibility index (Phi) is 5.41. The third-order valence-electron chi connectivity index (χ3n) is 4.46. The summed E-state index contributed by atoms with van der Waals surface area (Å²) in [6, 6.07) is 3.14. The Labute approximate surface area is 134 Å². The fraction of sp³-hybridized carbons (Fsp3) is 0.562. The van der Waals surface area contributed by atoms with Gasteiger partial charge in [0.05, 0.1) is 6.26 Å². The van der Waals surface area contributed by atoms with E-state index in [2.05, 4.69) is 5.32 Å². The lowest BCUT2D eigenvalue weighted by molar-refractivity contribution is -0.160. The fourth-order valence-electron chi connectivity index (χ4n) is 3.01. The highest BCUT2D eigenvalue weighted by Gasteiger charge is 2.45. The van der Waals surface area contributed by atoms with E-state index in [-0.39, 0.29) is 24.6 Å². The van der Waals surface area contributed by atoms with E-state index in [9.17, 15) is 19.5 Å². The van der Waals surface area contributed by atoms with Gasteiger partial charge in [-0.15, -0.1) is 0 Å². The SMILES string of the molecule is CN(C(=O)CCNC(=O)c1ccco1)C1(C(=O)O)CCCCC1. The maximum Gasteiger partial charge on any atom is 0.329 e. The van der Waals surface area contributed by atoms with Gasteiger partial charge in [0.25, 0.3) is 5.91 Å². The summed E-state index contributed by atoms with van der Waals surface area (Å²) < 4.78 is 4.96. The van der Waals surface area contributed by atoms with E-state index in [4.69, 9.17) is 4.42 Å². The predicted molar refractivity (Wildman–Crippen MR) is 81.9 cm³/mol. The van der Waals surface area contributed by atoms with Crippen molar-refractivity contribution in [1.82, 2.24) is 10.2 Å². The minimum absolute atomic E-state index is 0.0536. The van der Waals surface area contributed by atoms with Crippen molar-refractivity contribution in [3.8, 4) is 0 Å². The van der Waals surface area contributed by atoms with Gasteiger partial charge in [-0.3, -0.25) is 9.59 Å². The summed E-state index contributed by atoms with van der Waals surface area (Å²) in [5.74, 6) is -1.45. The van der Waals surface area contributed by atoms with Crippen LogP contribution < -0.4 is 5.32 Å². The lowest BCUT2D eigenvalue weighted by atomic mass is 9.80. The summed E-state index contributed by atoms with van der Waals surface area (Å²) in [5, 5.41) is 12.2. The summed E-state index contributed by atoms with van der Waals surface area (Å²) in [6.07, 6.45) is 5.01. The Morgan fingerprint density at radius 3 is 2.57 bits per heavy atom. The van der Waals surface area contributed by atoms with Crippen LogP contribution in [0.15, 0.2) is 22.8 Å². The molecule has 23 heavy (non-hydrogen) atoms. The number of hydrogen-bond acceptors (Lipinski definition) is 4. The Morgan fingerprint density at radius 2 is 2.00 bits per heavy atom. The number of carbonyl (C=O) groups excluding carboxylic acids is 2. The minimum atomic E-state index is -1.11. The second kappa shape index (κ2) is 7.30. The van der Waals surface area contributed by atoms with Gasteiger partial charge in [-0.05, 0) is 25.0 Å². The highest BCUT2D eigenvalue weighted by Crippen LogP contribution is 2.33. The van der Waals surface area contributed by atoms with Gasteiger partial charge >= 0.3 is 5.97 Å². The quantitative estimate of drug-likeness (QED) is 0.829. The Bertz CT molecular complexity index is 561. The predicted octanol–water partition coefficient (Wildman–Crippen LogP) is 1.65. The monoisotopic (exact) mass is 322 g/mol. The Balaban J connectivity index is 1.89. The van der Waals surface area contributed by atoms with Crippen LogP contribution in [0, 0.1) is 0 Å². The van der Waals surface area contributed by atoms with Crippen molar-refractivity contribution < 1.29 is 23.9 Å². The number of carbonyl (C=O) groups is 3. The molecule has 126 valence electrons. The highest BCUT2D eigenvalue weighted by atomic mass is 16.4. The molecule has 0 aliphatic heterocycles. The standard InChI is InChI=1S/C16H22N2O5/c1-18(16(15(21)22)8-3-2-4-9-16)13(19)7-10-17-14(20)12-6-5-11-23-12/h5-6,11H,2-4,7-10H2,1H3,(H,17,20)(H,21,22). The van der Waals surface area contributed by atoms with Crippen molar-refractivity contribution in [3.63, 3.8) is 0 Å². The highest BCUT2D eigenvalue weighted by molar-refractivity contribution is 5.92. The molecule has 1 fully saturated rings. The van der Waals surface area contributed by atoms with Gasteiger partial charge in [0.15, 0.2) is 5.76 Å². The third kappa shape index (κ3) is 3.72. The van der Waals surface area contributed by atoms with Crippen molar-refractivity contribution in [2.75, 3.05) is 13.6 Å². The van der Waals surface area contributed by atoms with Crippen LogP contribution in [-0.4, -0.2) is 46.9 Å². The minimum Gasteiger partial charge on any atom is -0.479 e. The largest absolute Gasteiger partial charge is 0.479 e. The van der Waals surface area contributed by atoms with Crippen molar-refractivity contribution in [2.45, 2.75) is 44.1 Å². The second-order valence-electron chi connectivity index (χ2n) is 5.83. The molecule has 0 radical (unpaired) electrons. The average Bonchev–Trinajstić information content (AvgIpc) is 3.09. The number of hydrogen-bond donors (Lipinski definition) is 2. The topological polar surface area (TPSA) is 99.9 Å². The first-order valence-electron chi connectivity index (χ1n) is 7.79. The number of likely N-dealkylation sites (N-methyl/N-ethyl adjacent to an activating group) is 1. The zero-order valence-corrected chi connectivity index (χ0v) is 13.2. The normalized spacial score (nSPS) is 16.6. The summed E-state index contributed by atoms with van der Waals surface area (Å²) in [4.78, 5) is 37.0. The number of aliphatic carboxylic acids is 1. The zero-order chi connectivity index (χ0) is 16.9. The molecule has 7 nitrogen and oxygen atoms in total. The molecular weight excluding hydrogens is 300 g/mol. The van der Waals surface area contributed by atoms with Crippen molar-refractivity contribution in [2.24, 2.45) is 0 Å². The van der Waals surface area contributed by atoms with E-state index < -0.39 is 17.4 Å². The Morgan fingerprint density at radius 1 is 1.30 bits per heavy atom. The molecule has 0 unspecified atom stereocenters. The first-order valence-corrected chi connectivity index (χ1v) is 7.79. The van der Waals surface area contributed by atoms with Crippen molar-refractivity contribution in [1.29, 1.82) is 0 Å². The van der Waals surface area contributed by atoms with Crippen LogP contribution in [0.3, 0.4) is 0 Å². The number of nitrogens with one attached hydrogen (secondary N) is 1. The average molecular weight is 322 g/mol. The third-order valence-corrected chi connectivity index (χ3v) is 4.46. The molecule has 0 saturated heterocycles. The molecule has 7 heteroatoms. The molecule has 0 atom stereocenters. The second-order valence-corrected chi connectivity index (χ2v) is 5.83. The van der Waals surface area contributed by atoms with Crippen LogP contribution in [0.2, 0.25) is 0 Å². The molecule has 0 bridgehead atoms. The van der Waals surface area contributed by atoms with Gasteiger partial charge < -0.3 is 19.7 Å². The van der Waals surface area contributed by atoms with E-state index >= 15 is 0 Å². The van der Waals surface area contributed by atoms with E-state index in [0.29, 0.717) is 12.8 Å². The molecule has 1 aliphatic rings. The van der Waals surface area contributed by atoms with Gasteiger partial charge in [-0.25, -0.2) is 4.79 Å². The van der Waals surface area contributed by atoms with Crippen molar-refractivity contribution >= 4 is 17.8 Å². The number of amides is 2. The van der Waals surface area contributed by atoms with Gasteiger partial charge in [0, 0.05) is 20.0 Å². The van der Waals surface area contributed by atoms with Crippen LogP contribution in [0.4, 0.5) is 0 Å². The van der Waals surface area contributed by atoms with Crippen LogP contribution in [-0.2, 0) is 9.59 Å². The lowest BCUT2D eigenvalue weighted by Crippen LogP contribution is -2.56. The molecule has 2 rings (SSSR count). The van der Waals surface area contributed by atoms with E-state index in [1.54, 1.807) is 6.07 Å². The van der Waals surface area contributed by atoms with Crippen LogP contribution in [0.25, 0.3) is 0 Å². The molecule has 1 aromatic rings. The van der Waals surface area contributed by atoms with Gasteiger partial charge in [-0.2, -0.15) is 0 Å². The summed E-state index contributed by atoms with van der Waals surface area (Å²) in [6.45, 7) is 0.137. The van der Waals surface area contributed by atoms with Gasteiger partial charge in [0.2, 0.25) is 5.91 Å². The Hall–Kier alpha value is -2.31. The molecule has 0 aromatic carbocycles. The lowest BCUT2D eigenvalue weighted by Gasteiger charge is -2.41. The summed E-state index contributed by atoms with van der Waals surface area (Å²) in [5.41, 5.74) is -1.11. The molecule has 1 heterocycles. The molecule has 1 aromatic heterocycles. The zero-order valence-electron chi connectivity index (χ0n) is 13.2. The van der Waals surface area contributed by atoms with E-state index in [1.807, 2.05) is 0 Å². The molecule has 0 spiro atoms. The van der Waals surface area contributed by atoms with Crippen LogP contribution in [0.1, 0.15) is 49.1 Å². The number of nitrogens with zero attached hydrogens (tertiary/aromatic N) is 1. The number of carboxylic acid groups (broad SMARTS) is 1. The van der Waals surface area contributed by atoms with Gasteiger partial charge in [-0.1, -0.05) is 19.3 Å². The first kappa shape index (κ1) is 17.1. The summed E-state index contributed by atoms with van der Waals surface area (Å²) in [7, 11) is 1.54. The van der Waals surface area contributed by atoms with E-state index in [0.717, 1.165) is 19.3 Å². The molecule has 1 saturated carbocycles. The van der Waals surface area contributed by atoms with E-state index in [1.165, 1.54) is 24.3 Å². The maximum atomic E-state index is 12.3. The van der Waals surface area contributed by atoms with Crippen LogP contribution >= 0.6 is 0 Å². The molecular formula is C16H22N2O5. The number of carboxylic acids is 1. The molecule has 1 aliphatic carbocycles. The van der Waals surface area contributed by atoms with Crippen molar-refractivity contribution in [3.05, 3.63) is 24.2 Å². The molecule has 2 amide bonds. The molecule has 2 N–H and O–H groups in total. The fourth-order valence-corrected chi connectivity index (χ4v) is 3.01. The van der Waals surface area contributed by atoms with Crippen LogP contribution in [0.5, 0.6) is 0 Å². The number of furan rings is 1. The summed E-state index contributed by atoms with van der Waals surface area (Å²) >= 11 is 0. The maximum absolute atomic E-state index is 12.3. The van der Waals surface area contributed by atoms with Gasteiger partial charge in [0.1, 0.15) is 5.54 Å². The first-order chi connectivity index (χ1) is 11.0. The number of rotatable bonds is 6.